The predicted octanol–water partition coefficient (Wildman–Crippen LogP) is 4.68. The Balaban J connectivity index is 1.79. The van der Waals surface area contributed by atoms with E-state index in [0.29, 0.717) is 16.8 Å². The molecule has 8 heteroatoms. The van der Waals surface area contributed by atoms with Crippen LogP contribution in [0.1, 0.15) is 22.3 Å². The lowest BCUT2D eigenvalue weighted by atomic mass is 10.0. The van der Waals surface area contributed by atoms with E-state index in [2.05, 4.69) is 4.98 Å². The number of nitrogens with zero attached hydrogens (tertiary/aromatic N) is 1. The van der Waals surface area contributed by atoms with Crippen LogP contribution in [0.5, 0.6) is 5.75 Å². The second kappa shape index (κ2) is 9.40. The van der Waals surface area contributed by atoms with Gasteiger partial charge in [-0.1, -0.05) is 24.3 Å². The van der Waals surface area contributed by atoms with Crippen molar-refractivity contribution in [3.8, 4) is 5.75 Å². The largest absolute Gasteiger partial charge is 0.497 e. The lowest BCUT2D eigenvalue weighted by Gasteiger charge is -2.23. The molecule has 34 heavy (non-hydrogen) atoms. The smallest absolute Gasteiger partial charge is 0.252 e. The molecule has 1 aromatic heterocycles. The van der Waals surface area contributed by atoms with Crippen LogP contribution in [-0.2, 0) is 23.1 Å². The Hall–Kier alpha value is -3.49. The molecule has 0 fully saturated rings. The number of benzene rings is 3. The number of methoxy groups -OCH3 is 1. The number of ether oxygens (including phenoxy) is 1. The summed E-state index contributed by atoms with van der Waals surface area (Å²) >= 11 is 0. The maximum atomic E-state index is 14.5. The number of fused-ring (bicyclic) bond motifs is 1. The Kier molecular flexibility index (Phi) is 6.54. The van der Waals surface area contributed by atoms with Crippen molar-refractivity contribution in [3.05, 3.63) is 105 Å². The van der Waals surface area contributed by atoms with Gasteiger partial charge in [0, 0.05) is 24.2 Å². The molecule has 0 saturated carbocycles. The fourth-order valence-electron chi connectivity index (χ4n) is 3.78. The van der Waals surface area contributed by atoms with Gasteiger partial charge >= 0.3 is 0 Å². The molecule has 0 aliphatic carbocycles. The van der Waals surface area contributed by atoms with Gasteiger partial charge in [0.1, 0.15) is 16.5 Å². The molecule has 1 N–H and O–H groups in total. The molecule has 6 nitrogen and oxygen atoms in total. The third kappa shape index (κ3) is 4.73. The molecule has 0 bridgehead atoms. The van der Waals surface area contributed by atoms with E-state index in [1.807, 2.05) is 26.0 Å². The number of H-pyrrole nitrogens is 1. The monoisotopic (exact) mass is 480 g/mol. The van der Waals surface area contributed by atoms with Gasteiger partial charge in [-0.3, -0.25) is 4.79 Å². The predicted molar refractivity (Wildman–Crippen MR) is 130 cm³/mol. The fraction of sp³-hybridized carbons (Fsp3) is 0.192. The Labute approximate surface area is 197 Å². The Morgan fingerprint density at radius 3 is 2.29 bits per heavy atom. The zero-order valence-electron chi connectivity index (χ0n) is 19.1. The van der Waals surface area contributed by atoms with Crippen LogP contribution in [0.15, 0.2) is 76.4 Å². The second-order valence-corrected chi connectivity index (χ2v) is 10.1. The molecule has 0 radical (unpaired) electrons. The average Bonchev–Trinajstić information content (AvgIpc) is 2.81. The number of halogens is 1. The van der Waals surface area contributed by atoms with Gasteiger partial charge in [-0.15, -0.1) is 0 Å². The van der Waals surface area contributed by atoms with Crippen molar-refractivity contribution in [2.75, 3.05) is 7.11 Å². The summed E-state index contributed by atoms with van der Waals surface area (Å²) in [5, 5.41) is 0.797. The summed E-state index contributed by atoms with van der Waals surface area (Å²) in [7, 11) is -2.71. The minimum atomic E-state index is -4.25. The topological polar surface area (TPSA) is 79.5 Å². The molecular formula is C26H25FN2O4S. The van der Waals surface area contributed by atoms with Crippen molar-refractivity contribution in [3.63, 3.8) is 0 Å². The van der Waals surface area contributed by atoms with Crippen LogP contribution in [0.3, 0.4) is 0 Å². The third-order valence-corrected chi connectivity index (χ3v) is 7.68. The molecule has 4 rings (SSSR count). The molecule has 0 atom stereocenters. The van der Waals surface area contributed by atoms with Crippen molar-refractivity contribution in [2.24, 2.45) is 0 Å². The van der Waals surface area contributed by atoms with Gasteiger partial charge in [0.25, 0.3) is 5.56 Å². The van der Waals surface area contributed by atoms with E-state index in [-0.39, 0.29) is 24.2 Å². The summed E-state index contributed by atoms with van der Waals surface area (Å²) < 4.78 is 47.8. The molecule has 0 unspecified atom stereocenters. The van der Waals surface area contributed by atoms with Crippen LogP contribution in [0.25, 0.3) is 10.9 Å². The number of rotatable bonds is 7. The minimum Gasteiger partial charge on any atom is -0.497 e. The van der Waals surface area contributed by atoms with Crippen LogP contribution in [0.2, 0.25) is 0 Å². The first-order chi connectivity index (χ1) is 16.2. The van der Waals surface area contributed by atoms with E-state index < -0.39 is 20.7 Å². The highest BCUT2D eigenvalue weighted by atomic mass is 32.2. The molecule has 1 heterocycles. The average molecular weight is 481 g/mol. The maximum absolute atomic E-state index is 14.5. The van der Waals surface area contributed by atoms with Gasteiger partial charge in [-0.05, 0) is 78.4 Å². The van der Waals surface area contributed by atoms with Gasteiger partial charge < -0.3 is 9.72 Å². The summed E-state index contributed by atoms with van der Waals surface area (Å²) in [5.41, 5.74) is 3.32. The molecule has 3 aromatic carbocycles. The number of aromatic amines is 1. The maximum Gasteiger partial charge on any atom is 0.252 e. The summed E-state index contributed by atoms with van der Waals surface area (Å²) in [5.74, 6) is -0.218. The number of hydrogen-bond acceptors (Lipinski definition) is 4. The van der Waals surface area contributed by atoms with E-state index in [0.717, 1.165) is 26.9 Å². The number of hydrogen-bond donors (Lipinski definition) is 1. The highest BCUT2D eigenvalue weighted by molar-refractivity contribution is 7.89. The van der Waals surface area contributed by atoms with Gasteiger partial charge in [0.2, 0.25) is 10.0 Å². The first-order valence-corrected chi connectivity index (χ1v) is 12.1. The molecule has 0 spiro atoms. The first-order valence-electron chi connectivity index (χ1n) is 10.7. The van der Waals surface area contributed by atoms with Crippen LogP contribution >= 0.6 is 0 Å². The standard InChI is InChI=1S/C26H25FN2O4S/c1-17-12-20-14-21(26(30)28-24(20)13-18(17)2)16-29(15-19-8-10-22(33-3)11-9-19)34(31,32)25-7-5-4-6-23(25)27/h4-14H,15-16H2,1-3H3,(H,28,30). The number of sulfonamides is 1. The van der Waals surface area contributed by atoms with E-state index in [9.17, 15) is 17.6 Å². The minimum absolute atomic E-state index is 0.0505. The van der Waals surface area contributed by atoms with Crippen molar-refractivity contribution >= 4 is 20.9 Å². The van der Waals surface area contributed by atoms with Crippen molar-refractivity contribution in [1.29, 1.82) is 0 Å². The lowest BCUT2D eigenvalue weighted by Crippen LogP contribution is -2.33. The van der Waals surface area contributed by atoms with Crippen LogP contribution in [0, 0.1) is 19.7 Å². The van der Waals surface area contributed by atoms with Crippen molar-refractivity contribution < 1.29 is 17.5 Å². The molecular weight excluding hydrogens is 455 g/mol. The molecule has 4 aromatic rings. The highest BCUT2D eigenvalue weighted by Gasteiger charge is 2.28. The normalized spacial score (nSPS) is 11.8. The molecule has 176 valence electrons. The summed E-state index contributed by atoms with van der Waals surface area (Å²) in [6.07, 6.45) is 0. The Morgan fingerprint density at radius 1 is 0.941 bits per heavy atom. The van der Waals surface area contributed by atoms with E-state index in [1.165, 1.54) is 18.2 Å². The Bertz CT molecular complexity index is 1510. The number of nitrogens with one attached hydrogen (secondary N) is 1. The first kappa shape index (κ1) is 23.7. The summed E-state index contributed by atoms with van der Waals surface area (Å²) in [6.45, 7) is 3.66. The van der Waals surface area contributed by atoms with Crippen LogP contribution in [0.4, 0.5) is 4.39 Å². The molecule has 0 amide bonds. The van der Waals surface area contributed by atoms with Crippen LogP contribution < -0.4 is 10.3 Å². The van der Waals surface area contributed by atoms with Gasteiger partial charge in [-0.2, -0.15) is 4.31 Å². The van der Waals surface area contributed by atoms with Gasteiger partial charge in [-0.25, -0.2) is 12.8 Å². The molecule has 0 aliphatic heterocycles. The third-order valence-electron chi connectivity index (χ3n) is 5.85. The lowest BCUT2D eigenvalue weighted by molar-refractivity contribution is 0.395. The highest BCUT2D eigenvalue weighted by Crippen LogP contribution is 2.25. The quantitative estimate of drug-likeness (QED) is 0.416. The molecule has 0 aliphatic rings. The SMILES string of the molecule is COc1ccc(CN(Cc2cc3cc(C)c(C)cc3[nH]c2=O)S(=O)(=O)c2ccccc2F)cc1. The van der Waals surface area contributed by atoms with E-state index >= 15 is 0 Å². The van der Waals surface area contributed by atoms with E-state index in [4.69, 9.17) is 4.74 Å². The Morgan fingerprint density at radius 2 is 1.62 bits per heavy atom. The number of aryl methyl sites for hydroxylation is 2. The second-order valence-electron chi connectivity index (χ2n) is 8.20. The number of aromatic nitrogens is 1. The summed E-state index contributed by atoms with van der Waals surface area (Å²) in [4.78, 5) is 15.3. The van der Waals surface area contributed by atoms with E-state index in [1.54, 1.807) is 37.4 Å². The van der Waals surface area contributed by atoms with Gasteiger partial charge in [0.05, 0.1) is 7.11 Å². The summed E-state index contributed by atoms with van der Waals surface area (Å²) in [6, 6.07) is 17.7. The number of pyridine rings is 1. The zero-order chi connectivity index (χ0) is 24.5. The van der Waals surface area contributed by atoms with Crippen molar-refractivity contribution in [2.45, 2.75) is 31.8 Å². The van der Waals surface area contributed by atoms with Gasteiger partial charge in [0.15, 0.2) is 0 Å². The zero-order valence-corrected chi connectivity index (χ0v) is 19.9. The fourth-order valence-corrected chi connectivity index (χ4v) is 5.25. The molecule has 0 saturated heterocycles. The van der Waals surface area contributed by atoms with Crippen LogP contribution in [-0.4, -0.2) is 24.8 Å². The van der Waals surface area contributed by atoms with Crippen molar-refractivity contribution in [1.82, 2.24) is 9.29 Å².